The average Bonchev–Trinajstić information content (AvgIpc) is 2.69. The van der Waals surface area contributed by atoms with Gasteiger partial charge in [-0.25, -0.2) is 4.39 Å². The predicted molar refractivity (Wildman–Crippen MR) is 75.7 cm³/mol. The van der Waals surface area contributed by atoms with Crippen LogP contribution in [0.15, 0.2) is 24.3 Å². The Morgan fingerprint density at radius 2 is 2.26 bits per heavy atom. The van der Waals surface area contributed by atoms with E-state index in [-0.39, 0.29) is 17.3 Å². The fraction of sp³-hybridized carbons (Fsp3) is 0.625. The van der Waals surface area contributed by atoms with E-state index in [1.54, 1.807) is 12.1 Å². The van der Waals surface area contributed by atoms with Gasteiger partial charge in [0, 0.05) is 24.6 Å². The van der Waals surface area contributed by atoms with E-state index in [4.69, 9.17) is 4.74 Å². The average molecular weight is 265 g/mol. The monoisotopic (exact) mass is 265 g/mol. The standard InChI is InChI=1S/C16H24FNO/c1-12(2)18-11-16(7-8-19-13(16)3)10-14-5-4-6-15(17)9-14/h4-6,9,12-13,18H,7-8,10-11H2,1-3H3. The summed E-state index contributed by atoms with van der Waals surface area (Å²) in [7, 11) is 0. The minimum absolute atomic E-state index is 0.0814. The highest BCUT2D eigenvalue weighted by Crippen LogP contribution is 2.38. The van der Waals surface area contributed by atoms with E-state index in [2.05, 4.69) is 26.1 Å². The van der Waals surface area contributed by atoms with Crippen LogP contribution in [0.1, 0.15) is 32.8 Å². The Morgan fingerprint density at radius 3 is 2.84 bits per heavy atom. The van der Waals surface area contributed by atoms with Crippen LogP contribution < -0.4 is 5.32 Å². The number of hydrogen-bond donors (Lipinski definition) is 1. The topological polar surface area (TPSA) is 21.3 Å². The van der Waals surface area contributed by atoms with E-state index in [0.717, 1.165) is 31.6 Å². The summed E-state index contributed by atoms with van der Waals surface area (Å²) in [6.07, 6.45) is 2.11. The van der Waals surface area contributed by atoms with Crippen LogP contribution in [0.4, 0.5) is 4.39 Å². The first-order valence-corrected chi connectivity index (χ1v) is 7.11. The van der Waals surface area contributed by atoms with Crippen molar-refractivity contribution in [3.05, 3.63) is 35.6 Å². The van der Waals surface area contributed by atoms with Gasteiger partial charge in [0.2, 0.25) is 0 Å². The van der Waals surface area contributed by atoms with Crippen LogP contribution in [0.5, 0.6) is 0 Å². The van der Waals surface area contributed by atoms with Crippen molar-refractivity contribution in [2.45, 2.75) is 45.8 Å². The molecule has 1 aromatic carbocycles. The smallest absolute Gasteiger partial charge is 0.123 e. The number of hydrogen-bond acceptors (Lipinski definition) is 2. The Balaban J connectivity index is 2.14. The van der Waals surface area contributed by atoms with Crippen LogP contribution >= 0.6 is 0 Å². The van der Waals surface area contributed by atoms with Crippen LogP contribution in [-0.2, 0) is 11.2 Å². The number of halogens is 1. The Kier molecular flexibility index (Phi) is 4.58. The lowest BCUT2D eigenvalue weighted by Crippen LogP contribution is -2.43. The molecule has 1 fully saturated rings. The molecule has 1 saturated heterocycles. The van der Waals surface area contributed by atoms with E-state index < -0.39 is 0 Å². The van der Waals surface area contributed by atoms with Crippen LogP contribution in [0.25, 0.3) is 0 Å². The third-order valence-electron chi connectivity index (χ3n) is 4.14. The first-order chi connectivity index (χ1) is 9.02. The lowest BCUT2D eigenvalue weighted by molar-refractivity contribution is 0.0620. The van der Waals surface area contributed by atoms with Crippen molar-refractivity contribution >= 4 is 0 Å². The molecule has 2 atom stereocenters. The van der Waals surface area contributed by atoms with Gasteiger partial charge in [-0.2, -0.15) is 0 Å². The molecule has 2 rings (SSSR count). The zero-order valence-corrected chi connectivity index (χ0v) is 12.1. The quantitative estimate of drug-likeness (QED) is 0.883. The van der Waals surface area contributed by atoms with Gasteiger partial charge in [-0.3, -0.25) is 0 Å². The summed E-state index contributed by atoms with van der Waals surface area (Å²) in [6, 6.07) is 7.39. The second-order valence-corrected chi connectivity index (χ2v) is 5.97. The minimum Gasteiger partial charge on any atom is -0.378 e. The third-order valence-corrected chi connectivity index (χ3v) is 4.14. The fourth-order valence-electron chi connectivity index (χ4n) is 2.81. The van der Waals surface area contributed by atoms with Crippen molar-refractivity contribution in [2.24, 2.45) is 5.41 Å². The Bertz CT molecular complexity index is 421. The summed E-state index contributed by atoms with van der Waals surface area (Å²) in [5, 5.41) is 3.52. The molecule has 3 heteroatoms. The van der Waals surface area contributed by atoms with Crippen molar-refractivity contribution in [3.8, 4) is 0 Å². The highest BCUT2D eigenvalue weighted by molar-refractivity contribution is 5.19. The first kappa shape index (κ1) is 14.5. The lowest BCUT2D eigenvalue weighted by atomic mass is 9.76. The maximum Gasteiger partial charge on any atom is 0.123 e. The van der Waals surface area contributed by atoms with Gasteiger partial charge in [0.1, 0.15) is 5.82 Å². The molecule has 0 aromatic heterocycles. The third kappa shape index (κ3) is 3.54. The number of nitrogens with one attached hydrogen (secondary N) is 1. The molecule has 1 aliphatic rings. The maximum atomic E-state index is 13.3. The number of ether oxygens (including phenoxy) is 1. The maximum absolute atomic E-state index is 13.3. The van der Waals surface area contributed by atoms with Crippen molar-refractivity contribution in [1.82, 2.24) is 5.32 Å². The fourth-order valence-corrected chi connectivity index (χ4v) is 2.81. The van der Waals surface area contributed by atoms with E-state index in [9.17, 15) is 4.39 Å². The zero-order valence-electron chi connectivity index (χ0n) is 12.1. The predicted octanol–water partition coefficient (Wildman–Crippen LogP) is 3.16. The molecule has 0 amide bonds. The number of rotatable bonds is 5. The Hall–Kier alpha value is -0.930. The van der Waals surface area contributed by atoms with Crippen LogP contribution in [0, 0.1) is 11.2 Å². The summed E-state index contributed by atoms with van der Waals surface area (Å²) in [5.74, 6) is -0.156. The molecule has 19 heavy (non-hydrogen) atoms. The molecule has 1 aliphatic heterocycles. The lowest BCUT2D eigenvalue weighted by Gasteiger charge is -2.33. The molecule has 1 N–H and O–H groups in total. The summed E-state index contributed by atoms with van der Waals surface area (Å²) in [5.41, 5.74) is 1.14. The largest absolute Gasteiger partial charge is 0.378 e. The minimum atomic E-state index is -0.156. The van der Waals surface area contributed by atoms with Crippen molar-refractivity contribution in [1.29, 1.82) is 0 Å². The molecule has 0 aliphatic carbocycles. The van der Waals surface area contributed by atoms with Crippen molar-refractivity contribution < 1.29 is 9.13 Å². The van der Waals surface area contributed by atoms with Gasteiger partial charge in [-0.15, -0.1) is 0 Å². The first-order valence-electron chi connectivity index (χ1n) is 7.11. The summed E-state index contributed by atoms with van der Waals surface area (Å²) in [6.45, 7) is 8.15. The zero-order chi connectivity index (χ0) is 13.9. The van der Waals surface area contributed by atoms with Crippen molar-refractivity contribution in [2.75, 3.05) is 13.2 Å². The second kappa shape index (κ2) is 6.02. The molecule has 106 valence electrons. The summed E-state index contributed by atoms with van der Waals surface area (Å²) < 4.78 is 19.1. The molecule has 1 heterocycles. The van der Waals surface area contributed by atoms with Gasteiger partial charge >= 0.3 is 0 Å². The SMILES string of the molecule is CC(C)NCC1(Cc2cccc(F)c2)CCOC1C. The highest BCUT2D eigenvalue weighted by atomic mass is 19.1. The van der Waals surface area contributed by atoms with Crippen LogP contribution in [0.2, 0.25) is 0 Å². The van der Waals surface area contributed by atoms with Gasteiger partial charge in [-0.05, 0) is 37.5 Å². The van der Waals surface area contributed by atoms with Gasteiger partial charge in [-0.1, -0.05) is 26.0 Å². The normalized spacial score (nSPS) is 27.1. The highest BCUT2D eigenvalue weighted by Gasteiger charge is 2.41. The van der Waals surface area contributed by atoms with E-state index in [1.165, 1.54) is 6.07 Å². The van der Waals surface area contributed by atoms with Gasteiger partial charge in [0.15, 0.2) is 0 Å². The molecular weight excluding hydrogens is 241 g/mol. The van der Waals surface area contributed by atoms with Crippen LogP contribution in [-0.4, -0.2) is 25.3 Å². The second-order valence-electron chi connectivity index (χ2n) is 5.97. The molecular formula is C16H24FNO. The molecule has 2 nitrogen and oxygen atoms in total. The van der Waals surface area contributed by atoms with E-state index in [0.29, 0.717) is 6.04 Å². The molecule has 0 saturated carbocycles. The molecule has 2 unspecified atom stereocenters. The molecule has 0 spiro atoms. The number of benzene rings is 1. The van der Waals surface area contributed by atoms with E-state index >= 15 is 0 Å². The van der Waals surface area contributed by atoms with Gasteiger partial charge in [0.25, 0.3) is 0 Å². The summed E-state index contributed by atoms with van der Waals surface area (Å²) >= 11 is 0. The van der Waals surface area contributed by atoms with Crippen LogP contribution in [0.3, 0.4) is 0 Å². The molecule has 1 aromatic rings. The molecule has 0 bridgehead atoms. The van der Waals surface area contributed by atoms with Crippen molar-refractivity contribution in [3.63, 3.8) is 0 Å². The van der Waals surface area contributed by atoms with E-state index in [1.807, 2.05) is 6.07 Å². The molecule has 0 radical (unpaired) electrons. The summed E-state index contributed by atoms with van der Waals surface area (Å²) in [4.78, 5) is 0. The Morgan fingerprint density at radius 1 is 1.47 bits per heavy atom. The van der Waals surface area contributed by atoms with Gasteiger partial charge < -0.3 is 10.1 Å². The Labute approximate surface area is 115 Å². The van der Waals surface area contributed by atoms with Gasteiger partial charge in [0.05, 0.1) is 6.10 Å².